The third-order valence-electron chi connectivity index (χ3n) is 4.87. The van der Waals surface area contributed by atoms with Gasteiger partial charge in [0.2, 0.25) is 0 Å². The van der Waals surface area contributed by atoms with Crippen molar-refractivity contribution < 1.29 is 28.9 Å². The van der Waals surface area contributed by atoms with E-state index in [4.69, 9.17) is 14.2 Å². The topological polar surface area (TPSA) is 82.1 Å². The van der Waals surface area contributed by atoms with E-state index in [1.54, 1.807) is 68.5 Å². The van der Waals surface area contributed by atoms with Crippen molar-refractivity contribution in [2.45, 2.75) is 37.8 Å². The van der Waals surface area contributed by atoms with Crippen LogP contribution in [0.3, 0.4) is 0 Å². The molecule has 1 N–H and O–H groups in total. The lowest BCUT2D eigenvalue weighted by Crippen LogP contribution is -2.44. The highest BCUT2D eigenvalue weighted by Gasteiger charge is 2.48. The zero-order valence-corrected chi connectivity index (χ0v) is 20.1. The number of halogens is 2. The average molecular weight is 554 g/mol. The average Bonchev–Trinajstić information content (AvgIpc) is 3.01. The molecule has 6 nitrogen and oxygen atoms in total. The third kappa shape index (κ3) is 5.63. The number of benzene rings is 2. The van der Waals surface area contributed by atoms with Gasteiger partial charge in [0, 0.05) is 8.95 Å². The number of hydrogen-bond acceptors (Lipinski definition) is 6. The summed E-state index contributed by atoms with van der Waals surface area (Å²) >= 11 is 6.65. The number of aliphatic hydroxyl groups is 1. The molecule has 2 aromatic carbocycles. The maximum atomic E-state index is 12.6. The lowest BCUT2D eigenvalue weighted by Gasteiger charge is -2.27. The Balaban J connectivity index is 1.69. The Morgan fingerprint density at radius 1 is 1.10 bits per heavy atom. The first-order chi connectivity index (χ1) is 14.7. The minimum atomic E-state index is -1.55. The number of rotatable bonds is 6. The van der Waals surface area contributed by atoms with Crippen molar-refractivity contribution in [2.75, 3.05) is 6.61 Å². The van der Waals surface area contributed by atoms with E-state index in [2.05, 4.69) is 31.9 Å². The summed E-state index contributed by atoms with van der Waals surface area (Å²) in [7, 11) is 0. The van der Waals surface area contributed by atoms with Crippen LogP contribution < -0.4 is 0 Å². The second-order valence-corrected chi connectivity index (χ2v) is 8.97. The molecule has 0 bridgehead atoms. The summed E-state index contributed by atoms with van der Waals surface area (Å²) in [6.07, 6.45) is 0.954. The second-order valence-electron chi connectivity index (χ2n) is 7.26. The van der Waals surface area contributed by atoms with Gasteiger partial charge >= 0.3 is 11.9 Å². The molecule has 0 radical (unpaired) electrons. The van der Waals surface area contributed by atoms with Crippen LogP contribution in [0.25, 0.3) is 0 Å². The van der Waals surface area contributed by atoms with Gasteiger partial charge in [0.1, 0.15) is 11.7 Å². The molecule has 8 heteroatoms. The van der Waals surface area contributed by atoms with Crippen molar-refractivity contribution in [3.63, 3.8) is 0 Å². The lowest BCUT2D eigenvalue weighted by molar-refractivity contribution is -0.0398. The molecule has 0 unspecified atom stereocenters. The Morgan fingerprint density at radius 3 is 2.23 bits per heavy atom. The van der Waals surface area contributed by atoms with E-state index in [9.17, 15) is 14.7 Å². The summed E-state index contributed by atoms with van der Waals surface area (Å²) in [5.74, 6) is -1.07. The van der Waals surface area contributed by atoms with Crippen molar-refractivity contribution in [3.05, 3.63) is 80.8 Å². The number of esters is 2. The van der Waals surface area contributed by atoms with Crippen LogP contribution in [-0.2, 0) is 14.2 Å². The van der Waals surface area contributed by atoms with Crippen LogP contribution in [0, 0.1) is 0 Å². The third-order valence-corrected chi connectivity index (χ3v) is 6.25. The fourth-order valence-electron chi connectivity index (χ4n) is 3.19. The van der Waals surface area contributed by atoms with Gasteiger partial charge in [-0.05, 0) is 82.1 Å². The van der Waals surface area contributed by atoms with Crippen molar-refractivity contribution in [1.29, 1.82) is 0 Å². The van der Waals surface area contributed by atoms with E-state index in [1.807, 2.05) is 0 Å². The lowest BCUT2D eigenvalue weighted by atomic mass is 9.95. The van der Waals surface area contributed by atoms with Crippen molar-refractivity contribution in [2.24, 2.45) is 0 Å². The van der Waals surface area contributed by atoms with Crippen LogP contribution in [-0.4, -0.2) is 47.6 Å². The van der Waals surface area contributed by atoms with Gasteiger partial charge in [-0.1, -0.05) is 24.3 Å². The highest BCUT2D eigenvalue weighted by molar-refractivity contribution is 9.10. The summed E-state index contributed by atoms with van der Waals surface area (Å²) in [4.78, 5) is 25.0. The van der Waals surface area contributed by atoms with E-state index in [0.29, 0.717) is 20.1 Å². The summed E-state index contributed by atoms with van der Waals surface area (Å²) in [5.41, 5.74) is -0.798. The first kappa shape index (κ1) is 23.7. The molecular weight excluding hydrogens is 532 g/mol. The quantitative estimate of drug-likeness (QED) is 0.413. The summed E-state index contributed by atoms with van der Waals surface area (Å²) in [5, 5.41) is 11.1. The Hall–Kier alpha value is -2.00. The van der Waals surface area contributed by atoms with Gasteiger partial charge in [0.25, 0.3) is 0 Å². The molecular formula is C23H22Br2O6. The van der Waals surface area contributed by atoms with Crippen molar-refractivity contribution in [3.8, 4) is 0 Å². The molecule has 0 aliphatic carbocycles. The van der Waals surface area contributed by atoms with Crippen LogP contribution in [0.1, 0.15) is 34.6 Å². The fourth-order valence-corrected chi connectivity index (χ4v) is 4.08. The van der Waals surface area contributed by atoms with E-state index >= 15 is 0 Å². The summed E-state index contributed by atoms with van der Waals surface area (Å²) in [6, 6.07) is 13.8. The SMILES string of the molecule is C[C@@H](/C=C/[C@@]1(O)CO[C@H](C)[C@H]1OC(=O)c1ccccc1Br)OC(=O)c1ccccc1Br. The molecule has 1 fully saturated rings. The zero-order valence-electron chi connectivity index (χ0n) is 17.0. The standard InChI is InChI=1S/C23H22Br2O6/c1-14(30-21(26)16-7-3-5-9-18(16)24)11-12-23(28)13-29-15(2)20(23)31-22(27)17-8-4-6-10-19(17)25/h3-12,14-15,20,28H,13H2,1-2H3/b12-11+/t14-,15+,20+,23+/m0/s1. The summed E-state index contributed by atoms with van der Waals surface area (Å²) in [6.45, 7) is 3.35. The molecule has 0 saturated carbocycles. The fraction of sp³-hybridized carbons (Fsp3) is 0.304. The largest absolute Gasteiger partial charge is 0.455 e. The highest BCUT2D eigenvalue weighted by Crippen LogP contribution is 2.31. The predicted molar refractivity (Wildman–Crippen MR) is 122 cm³/mol. The maximum Gasteiger partial charge on any atom is 0.339 e. The molecule has 1 aliphatic heterocycles. The Bertz CT molecular complexity index is 992. The van der Waals surface area contributed by atoms with E-state index in [-0.39, 0.29) is 6.61 Å². The van der Waals surface area contributed by atoms with Gasteiger partial charge in [-0.2, -0.15) is 0 Å². The van der Waals surface area contributed by atoms with Gasteiger partial charge < -0.3 is 19.3 Å². The van der Waals surface area contributed by atoms with Gasteiger partial charge in [0.15, 0.2) is 6.10 Å². The normalized spacial score (nSPS) is 24.2. The number of carbonyl (C=O) groups is 2. The molecule has 3 rings (SSSR count). The van der Waals surface area contributed by atoms with Crippen LogP contribution >= 0.6 is 31.9 Å². The minimum absolute atomic E-state index is 0.0521. The molecule has 4 atom stereocenters. The first-order valence-corrected chi connectivity index (χ1v) is 11.2. The van der Waals surface area contributed by atoms with Crippen molar-refractivity contribution >= 4 is 43.8 Å². The first-order valence-electron chi connectivity index (χ1n) is 9.65. The number of carbonyl (C=O) groups excluding carboxylic acids is 2. The molecule has 164 valence electrons. The minimum Gasteiger partial charge on any atom is -0.455 e. The Morgan fingerprint density at radius 2 is 1.65 bits per heavy atom. The zero-order chi connectivity index (χ0) is 22.6. The van der Waals surface area contributed by atoms with E-state index < -0.39 is 35.9 Å². The van der Waals surface area contributed by atoms with Gasteiger partial charge in [-0.25, -0.2) is 9.59 Å². The van der Waals surface area contributed by atoms with Crippen LogP contribution in [0.4, 0.5) is 0 Å². The Kier molecular flexibility index (Phi) is 7.69. The Labute approximate surface area is 197 Å². The second kappa shape index (κ2) is 10.1. The van der Waals surface area contributed by atoms with Crippen LogP contribution in [0.15, 0.2) is 69.6 Å². The highest BCUT2D eigenvalue weighted by atomic mass is 79.9. The molecule has 0 spiro atoms. The van der Waals surface area contributed by atoms with E-state index in [0.717, 1.165) is 0 Å². The van der Waals surface area contributed by atoms with Crippen LogP contribution in [0.5, 0.6) is 0 Å². The smallest absolute Gasteiger partial charge is 0.339 e. The van der Waals surface area contributed by atoms with Gasteiger partial charge in [-0.15, -0.1) is 0 Å². The molecule has 1 saturated heterocycles. The molecule has 31 heavy (non-hydrogen) atoms. The predicted octanol–water partition coefficient (Wildman–Crippen LogP) is 4.69. The molecule has 0 aromatic heterocycles. The molecule has 1 heterocycles. The molecule has 2 aromatic rings. The van der Waals surface area contributed by atoms with E-state index in [1.165, 1.54) is 6.08 Å². The maximum absolute atomic E-state index is 12.6. The van der Waals surface area contributed by atoms with Gasteiger partial charge in [-0.3, -0.25) is 0 Å². The van der Waals surface area contributed by atoms with Crippen LogP contribution in [0.2, 0.25) is 0 Å². The van der Waals surface area contributed by atoms with Gasteiger partial charge in [0.05, 0.1) is 23.8 Å². The number of hydrogen-bond donors (Lipinski definition) is 1. The number of ether oxygens (including phenoxy) is 3. The summed E-state index contributed by atoms with van der Waals surface area (Å²) < 4.78 is 17.8. The molecule has 0 amide bonds. The molecule has 1 aliphatic rings. The van der Waals surface area contributed by atoms with Crippen molar-refractivity contribution in [1.82, 2.24) is 0 Å². The monoisotopic (exact) mass is 552 g/mol.